The molecule has 6 unspecified atom stereocenters. The molecule has 0 amide bonds. The third-order valence-electron chi connectivity index (χ3n) is 6.47. The van der Waals surface area contributed by atoms with Crippen LogP contribution in [-0.2, 0) is 32.7 Å². The van der Waals surface area contributed by atoms with E-state index >= 15 is 0 Å². The second kappa shape index (κ2) is 21.7. The summed E-state index contributed by atoms with van der Waals surface area (Å²) in [7, 11) is -5.09. The van der Waals surface area contributed by atoms with Crippen LogP contribution in [0.4, 0.5) is 0 Å². The Balaban J connectivity index is 2.54. The molecular weight excluding hydrogens is 587 g/mol. The Kier molecular flexibility index (Phi) is 19.7. The lowest BCUT2D eigenvalue weighted by molar-refractivity contribution is -0.220. The largest absolute Gasteiger partial charge is 0.472 e. The molecular formula is C29H49O13P. The zero-order valence-corrected chi connectivity index (χ0v) is 25.9. The normalized spacial score (nSPS) is 26.6. The summed E-state index contributed by atoms with van der Waals surface area (Å²) >= 11 is 0. The standard InChI is InChI=1S/C29H49O13P/c1-3-5-6-7-8-9-10-11-12-13-14-15-16-18-23(31)41-21(19-39-22(30)17-4-2)20-40-43(37,38)42-29-27(35)25(33)24(32)26(34)28(29)36/h5-6,8-9,11-12,21,24-29,32-36H,3-4,7,10,13-20H2,1-2H3,(H,37,38)/b6-5-,9-8-,12-11-. The van der Waals surface area contributed by atoms with Gasteiger partial charge in [-0.1, -0.05) is 56.7 Å². The van der Waals surface area contributed by atoms with Crippen LogP contribution in [0.5, 0.6) is 0 Å². The first kappa shape index (κ1) is 39.1. The van der Waals surface area contributed by atoms with E-state index in [-0.39, 0.29) is 12.8 Å². The van der Waals surface area contributed by atoms with Crippen molar-refractivity contribution in [2.75, 3.05) is 13.2 Å². The quantitative estimate of drug-likeness (QED) is 0.0463. The lowest BCUT2D eigenvalue weighted by Crippen LogP contribution is -2.64. The Labute approximate surface area is 253 Å². The van der Waals surface area contributed by atoms with Crippen LogP contribution >= 0.6 is 7.82 Å². The molecule has 0 radical (unpaired) electrons. The van der Waals surface area contributed by atoms with Crippen molar-refractivity contribution in [1.82, 2.24) is 0 Å². The molecule has 0 saturated heterocycles. The molecule has 1 fully saturated rings. The Morgan fingerprint density at radius 1 is 0.744 bits per heavy atom. The molecule has 6 atom stereocenters. The number of unbranched alkanes of at least 4 members (excludes halogenated alkanes) is 3. The molecule has 14 heteroatoms. The number of rotatable bonds is 21. The summed E-state index contributed by atoms with van der Waals surface area (Å²) in [6.45, 7) is 2.65. The fourth-order valence-electron chi connectivity index (χ4n) is 4.04. The van der Waals surface area contributed by atoms with E-state index in [1.165, 1.54) is 0 Å². The van der Waals surface area contributed by atoms with Crippen LogP contribution in [-0.4, -0.2) is 98.3 Å². The molecule has 0 aromatic heterocycles. The Morgan fingerprint density at radius 3 is 1.93 bits per heavy atom. The number of esters is 2. The Morgan fingerprint density at radius 2 is 1.33 bits per heavy atom. The highest BCUT2D eigenvalue weighted by atomic mass is 31.2. The van der Waals surface area contributed by atoms with Gasteiger partial charge in [-0.05, 0) is 44.9 Å². The maximum absolute atomic E-state index is 12.5. The molecule has 0 spiro atoms. The number of ether oxygens (including phenoxy) is 2. The third kappa shape index (κ3) is 16.1. The van der Waals surface area contributed by atoms with Crippen LogP contribution in [0.25, 0.3) is 0 Å². The van der Waals surface area contributed by atoms with Gasteiger partial charge in [0.25, 0.3) is 0 Å². The van der Waals surface area contributed by atoms with Crippen molar-refractivity contribution >= 4 is 19.8 Å². The summed E-state index contributed by atoms with van der Waals surface area (Å²) in [5.41, 5.74) is 0. The molecule has 0 aliphatic heterocycles. The minimum absolute atomic E-state index is 0.0585. The van der Waals surface area contributed by atoms with Crippen molar-refractivity contribution in [3.63, 3.8) is 0 Å². The first-order valence-electron chi connectivity index (χ1n) is 14.8. The highest BCUT2D eigenvalue weighted by Crippen LogP contribution is 2.47. The monoisotopic (exact) mass is 636 g/mol. The van der Waals surface area contributed by atoms with Gasteiger partial charge in [-0.15, -0.1) is 0 Å². The summed E-state index contributed by atoms with van der Waals surface area (Å²) in [4.78, 5) is 34.3. The van der Waals surface area contributed by atoms with Crippen LogP contribution in [0, 0.1) is 0 Å². The van der Waals surface area contributed by atoms with Crippen molar-refractivity contribution in [2.24, 2.45) is 0 Å². The summed E-state index contributed by atoms with van der Waals surface area (Å²) < 4.78 is 32.5. The molecule has 13 nitrogen and oxygen atoms in total. The van der Waals surface area contributed by atoms with Gasteiger partial charge in [-0.2, -0.15) is 0 Å². The molecule has 0 bridgehead atoms. The van der Waals surface area contributed by atoms with Gasteiger partial charge >= 0.3 is 19.8 Å². The zero-order chi connectivity index (χ0) is 32.3. The van der Waals surface area contributed by atoms with E-state index in [9.17, 15) is 44.6 Å². The SMILES string of the molecule is CC/C=C\C/C=C\C/C=C\CCCCCC(=O)OC(COC(=O)CCC)COP(=O)(O)OC1C(O)C(O)C(O)C(O)C1O. The Hall–Kier alpha value is -1.93. The summed E-state index contributed by atoms with van der Waals surface area (Å²) in [5, 5.41) is 49.3. The van der Waals surface area contributed by atoms with Gasteiger partial charge in [0.2, 0.25) is 0 Å². The molecule has 1 rings (SSSR count). The number of phosphoric ester groups is 1. The van der Waals surface area contributed by atoms with Crippen LogP contribution in [0.3, 0.4) is 0 Å². The van der Waals surface area contributed by atoms with Gasteiger partial charge in [0, 0.05) is 12.8 Å². The van der Waals surface area contributed by atoms with Crippen molar-refractivity contribution in [2.45, 2.75) is 121 Å². The number of hydrogen-bond acceptors (Lipinski definition) is 12. The second-order valence-corrected chi connectivity index (χ2v) is 11.6. The fourth-order valence-corrected chi connectivity index (χ4v) is 5.01. The van der Waals surface area contributed by atoms with E-state index in [1.807, 2.05) is 0 Å². The van der Waals surface area contributed by atoms with Crippen molar-refractivity contribution in [1.29, 1.82) is 0 Å². The molecule has 6 N–H and O–H groups in total. The van der Waals surface area contributed by atoms with Gasteiger partial charge in [0.05, 0.1) is 6.61 Å². The second-order valence-electron chi connectivity index (χ2n) is 10.2. The number of hydrogen-bond donors (Lipinski definition) is 6. The first-order valence-corrected chi connectivity index (χ1v) is 16.3. The topological polar surface area (TPSA) is 210 Å². The highest BCUT2D eigenvalue weighted by molar-refractivity contribution is 7.47. The molecule has 0 aromatic carbocycles. The lowest BCUT2D eigenvalue weighted by atomic mass is 9.85. The lowest BCUT2D eigenvalue weighted by Gasteiger charge is -2.41. The molecule has 0 heterocycles. The predicted molar refractivity (Wildman–Crippen MR) is 156 cm³/mol. The van der Waals surface area contributed by atoms with Crippen LogP contribution in [0.15, 0.2) is 36.5 Å². The van der Waals surface area contributed by atoms with E-state index in [0.717, 1.165) is 38.5 Å². The van der Waals surface area contributed by atoms with Crippen molar-refractivity contribution in [3.8, 4) is 0 Å². The number of carbonyl (C=O) groups excluding carboxylic acids is 2. The molecule has 0 aromatic rings. The summed E-state index contributed by atoms with van der Waals surface area (Å²) in [6, 6.07) is 0. The van der Waals surface area contributed by atoms with Crippen LogP contribution < -0.4 is 0 Å². The van der Waals surface area contributed by atoms with E-state index in [0.29, 0.717) is 12.8 Å². The average Bonchev–Trinajstić information content (AvgIpc) is 2.97. The van der Waals surface area contributed by atoms with Gasteiger partial charge in [-0.25, -0.2) is 4.57 Å². The molecule has 43 heavy (non-hydrogen) atoms. The number of aliphatic hydroxyl groups excluding tert-OH is 5. The number of carbonyl (C=O) groups is 2. The minimum atomic E-state index is -5.09. The van der Waals surface area contributed by atoms with Gasteiger partial charge in [-0.3, -0.25) is 18.6 Å². The molecule has 248 valence electrons. The minimum Gasteiger partial charge on any atom is -0.462 e. The Bertz CT molecular complexity index is 921. The van der Waals surface area contributed by atoms with Crippen LogP contribution in [0.2, 0.25) is 0 Å². The summed E-state index contributed by atoms with van der Waals surface area (Å²) in [5.74, 6) is -1.20. The average molecular weight is 637 g/mol. The van der Waals surface area contributed by atoms with E-state index in [4.69, 9.17) is 18.5 Å². The van der Waals surface area contributed by atoms with Crippen molar-refractivity contribution in [3.05, 3.63) is 36.5 Å². The maximum atomic E-state index is 12.5. The van der Waals surface area contributed by atoms with E-state index in [1.54, 1.807) is 6.92 Å². The highest BCUT2D eigenvalue weighted by Gasteiger charge is 2.51. The number of allylic oxidation sites excluding steroid dienone is 6. The van der Waals surface area contributed by atoms with E-state index < -0.39 is 75.7 Å². The summed E-state index contributed by atoms with van der Waals surface area (Å²) in [6.07, 6.45) is 5.98. The smallest absolute Gasteiger partial charge is 0.462 e. The van der Waals surface area contributed by atoms with Gasteiger partial charge in [0.1, 0.15) is 43.2 Å². The van der Waals surface area contributed by atoms with Crippen molar-refractivity contribution < 1.29 is 63.1 Å². The van der Waals surface area contributed by atoms with E-state index in [2.05, 4.69) is 43.4 Å². The fraction of sp³-hybridized carbons (Fsp3) is 0.724. The van der Waals surface area contributed by atoms with Gasteiger partial charge in [0.15, 0.2) is 6.10 Å². The first-order chi connectivity index (χ1) is 20.4. The maximum Gasteiger partial charge on any atom is 0.472 e. The van der Waals surface area contributed by atoms with Gasteiger partial charge < -0.3 is 39.9 Å². The number of aliphatic hydroxyl groups is 5. The third-order valence-corrected chi connectivity index (χ3v) is 7.45. The molecule has 1 saturated carbocycles. The predicted octanol–water partition coefficient (Wildman–Crippen LogP) is 2.37. The number of phosphoric acid groups is 1. The zero-order valence-electron chi connectivity index (χ0n) is 25.0. The van der Waals surface area contributed by atoms with Crippen LogP contribution in [0.1, 0.15) is 78.1 Å². The molecule has 1 aliphatic carbocycles. The molecule has 1 aliphatic rings.